The second-order valence-corrected chi connectivity index (χ2v) is 5.94. The lowest BCUT2D eigenvalue weighted by molar-refractivity contribution is -0.208. The molecule has 0 aromatic carbocycles. The second kappa shape index (κ2) is 3.45. The highest BCUT2D eigenvalue weighted by Crippen LogP contribution is 2.59. The van der Waals surface area contributed by atoms with Gasteiger partial charge in [-0.15, -0.1) is 0 Å². The molecule has 0 radical (unpaired) electrons. The fourth-order valence-corrected chi connectivity index (χ4v) is 4.68. The molecule has 4 bridgehead atoms. The molecule has 2 saturated heterocycles. The number of fused-ring (bicyclic) bond motifs is 8. The van der Waals surface area contributed by atoms with E-state index >= 15 is 0 Å². The van der Waals surface area contributed by atoms with Crippen molar-refractivity contribution in [3.63, 3.8) is 0 Å². The minimum Gasteiger partial charge on any atom is -0.459 e. The number of esters is 1. The van der Waals surface area contributed by atoms with Crippen molar-refractivity contribution in [1.82, 2.24) is 0 Å². The first kappa shape index (κ1) is 10.3. The molecule has 0 spiro atoms. The first-order valence-electron chi connectivity index (χ1n) is 6.68. The van der Waals surface area contributed by atoms with Crippen LogP contribution in [0.5, 0.6) is 0 Å². The van der Waals surface area contributed by atoms with Crippen LogP contribution in [0, 0.1) is 23.7 Å². The SMILES string of the molecule is CC(=O)O[C@H]1[C@H]2[C@H]3CC[C@H](C3)[C@H]2[C@@H]2OC[C@H]1O2. The Labute approximate surface area is 101 Å². The Morgan fingerprint density at radius 3 is 2.76 bits per heavy atom. The summed E-state index contributed by atoms with van der Waals surface area (Å²) in [6, 6.07) is 0. The highest BCUT2D eigenvalue weighted by atomic mass is 16.7. The monoisotopic (exact) mass is 238 g/mol. The van der Waals surface area contributed by atoms with Gasteiger partial charge in [-0.3, -0.25) is 4.79 Å². The maximum absolute atomic E-state index is 11.3. The van der Waals surface area contributed by atoms with E-state index in [4.69, 9.17) is 14.2 Å². The van der Waals surface area contributed by atoms with E-state index in [-0.39, 0.29) is 24.5 Å². The molecule has 0 aromatic heterocycles. The molecule has 4 aliphatic rings. The maximum Gasteiger partial charge on any atom is 0.303 e. The van der Waals surface area contributed by atoms with Gasteiger partial charge in [-0.2, -0.15) is 0 Å². The Kier molecular flexibility index (Phi) is 2.10. The Morgan fingerprint density at radius 1 is 1.24 bits per heavy atom. The van der Waals surface area contributed by atoms with Crippen LogP contribution in [0.1, 0.15) is 26.2 Å². The summed E-state index contributed by atoms with van der Waals surface area (Å²) < 4.78 is 17.2. The molecule has 2 aliphatic carbocycles. The third-order valence-corrected chi connectivity index (χ3v) is 5.14. The maximum atomic E-state index is 11.3. The van der Waals surface area contributed by atoms with Gasteiger partial charge in [-0.25, -0.2) is 0 Å². The average molecular weight is 238 g/mol. The van der Waals surface area contributed by atoms with Crippen LogP contribution in [-0.2, 0) is 19.0 Å². The molecular formula is C13H18O4. The molecule has 0 N–H and O–H groups in total. The number of carbonyl (C=O) groups is 1. The summed E-state index contributed by atoms with van der Waals surface area (Å²) in [7, 11) is 0. The van der Waals surface area contributed by atoms with Crippen molar-refractivity contribution < 1.29 is 19.0 Å². The quantitative estimate of drug-likeness (QED) is 0.647. The van der Waals surface area contributed by atoms with Gasteiger partial charge in [0.25, 0.3) is 0 Å². The number of hydrogen-bond donors (Lipinski definition) is 0. The van der Waals surface area contributed by atoms with E-state index in [1.807, 2.05) is 0 Å². The van der Waals surface area contributed by atoms with Gasteiger partial charge in [0.1, 0.15) is 12.2 Å². The van der Waals surface area contributed by atoms with Gasteiger partial charge in [0, 0.05) is 18.8 Å². The van der Waals surface area contributed by atoms with Gasteiger partial charge in [-0.1, -0.05) is 0 Å². The molecule has 4 nitrogen and oxygen atoms in total. The molecule has 94 valence electrons. The zero-order valence-corrected chi connectivity index (χ0v) is 10.0. The minimum absolute atomic E-state index is 0.0212. The van der Waals surface area contributed by atoms with Crippen LogP contribution in [0.3, 0.4) is 0 Å². The first-order chi connectivity index (χ1) is 8.24. The van der Waals surface area contributed by atoms with Crippen LogP contribution in [0.4, 0.5) is 0 Å². The normalized spacial score (nSPS) is 54.8. The molecular weight excluding hydrogens is 220 g/mol. The number of hydrogen-bond acceptors (Lipinski definition) is 4. The number of rotatable bonds is 1. The molecule has 2 aliphatic heterocycles. The number of carbonyl (C=O) groups excluding carboxylic acids is 1. The first-order valence-corrected chi connectivity index (χ1v) is 6.68. The van der Waals surface area contributed by atoms with Crippen molar-refractivity contribution in [3.05, 3.63) is 0 Å². The molecule has 0 unspecified atom stereocenters. The molecule has 4 rings (SSSR count). The van der Waals surface area contributed by atoms with Gasteiger partial charge in [0.15, 0.2) is 6.29 Å². The predicted molar refractivity (Wildman–Crippen MR) is 58.0 cm³/mol. The molecule has 7 atom stereocenters. The topological polar surface area (TPSA) is 44.8 Å². The Balaban J connectivity index is 1.67. The summed E-state index contributed by atoms with van der Waals surface area (Å²) in [6.07, 6.45) is 3.77. The van der Waals surface area contributed by atoms with E-state index in [0.717, 1.165) is 11.8 Å². The van der Waals surface area contributed by atoms with Crippen LogP contribution in [0.15, 0.2) is 0 Å². The fraction of sp³-hybridized carbons (Fsp3) is 0.923. The summed E-state index contributed by atoms with van der Waals surface area (Å²) in [6.45, 7) is 2.08. The van der Waals surface area contributed by atoms with Crippen LogP contribution in [0.25, 0.3) is 0 Å². The van der Waals surface area contributed by atoms with Gasteiger partial charge >= 0.3 is 5.97 Å². The van der Waals surface area contributed by atoms with Crippen molar-refractivity contribution in [2.75, 3.05) is 6.61 Å². The van der Waals surface area contributed by atoms with Crippen molar-refractivity contribution in [2.45, 2.75) is 44.7 Å². The minimum atomic E-state index is -0.189. The Morgan fingerprint density at radius 2 is 2.00 bits per heavy atom. The third-order valence-electron chi connectivity index (χ3n) is 5.14. The van der Waals surface area contributed by atoms with Gasteiger partial charge in [0.05, 0.1) is 6.61 Å². The van der Waals surface area contributed by atoms with Crippen molar-refractivity contribution in [3.8, 4) is 0 Å². The second-order valence-electron chi connectivity index (χ2n) is 5.94. The lowest BCUT2D eigenvalue weighted by Gasteiger charge is -2.42. The summed E-state index contributed by atoms with van der Waals surface area (Å²) in [5.74, 6) is 2.23. The van der Waals surface area contributed by atoms with Gasteiger partial charge < -0.3 is 14.2 Å². The molecule has 0 amide bonds. The van der Waals surface area contributed by atoms with Crippen LogP contribution >= 0.6 is 0 Å². The number of ether oxygens (including phenoxy) is 3. The lowest BCUT2D eigenvalue weighted by Crippen LogP contribution is -2.50. The lowest BCUT2D eigenvalue weighted by atomic mass is 9.73. The van der Waals surface area contributed by atoms with Gasteiger partial charge in [0.2, 0.25) is 0 Å². The Hall–Kier alpha value is -0.610. The van der Waals surface area contributed by atoms with E-state index in [1.165, 1.54) is 26.2 Å². The molecule has 17 heavy (non-hydrogen) atoms. The summed E-state index contributed by atoms with van der Waals surface area (Å²) in [5, 5.41) is 0. The van der Waals surface area contributed by atoms with E-state index in [0.29, 0.717) is 18.4 Å². The molecule has 0 aromatic rings. The van der Waals surface area contributed by atoms with E-state index < -0.39 is 0 Å². The van der Waals surface area contributed by atoms with Crippen molar-refractivity contribution in [1.29, 1.82) is 0 Å². The predicted octanol–water partition coefficient (Wildman–Crippen LogP) is 1.34. The third kappa shape index (κ3) is 1.34. The van der Waals surface area contributed by atoms with Crippen LogP contribution < -0.4 is 0 Å². The van der Waals surface area contributed by atoms with Crippen molar-refractivity contribution >= 4 is 5.97 Å². The van der Waals surface area contributed by atoms with Gasteiger partial charge in [-0.05, 0) is 31.1 Å². The Bertz CT molecular complexity index is 355. The van der Waals surface area contributed by atoms with E-state index in [1.54, 1.807) is 0 Å². The molecule has 2 saturated carbocycles. The largest absolute Gasteiger partial charge is 0.459 e. The molecule has 4 fully saturated rings. The van der Waals surface area contributed by atoms with Crippen LogP contribution in [0.2, 0.25) is 0 Å². The summed E-state index contributed by atoms with van der Waals surface area (Å²) >= 11 is 0. The van der Waals surface area contributed by atoms with E-state index in [9.17, 15) is 4.79 Å². The van der Waals surface area contributed by atoms with E-state index in [2.05, 4.69) is 0 Å². The average Bonchev–Trinajstić information content (AvgIpc) is 2.98. The van der Waals surface area contributed by atoms with Crippen LogP contribution in [-0.4, -0.2) is 31.1 Å². The summed E-state index contributed by atoms with van der Waals surface area (Å²) in [5.41, 5.74) is 0. The highest BCUT2D eigenvalue weighted by Gasteiger charge is 2.62. The highest BCUT2D eigenvalue weighted by molar-refractivity contribution is 5.66. The molecule has 2 heterocycles. The zero-order chi connectivity index (χ0) is 11.6. The zero-order valence-electron chi connectivity index (χ0n) is 10.0. The van der Waals surface area contributed by atoms with Crippen molar-refractivity contribution in [2.24, 2.45) is 23.7 Å². The molecule has 4 heteroatoms. The smallest absolute Gasteiger partial charge is 0.303 e. The standard InChI is InChI=1S/C13H18O4/c1-6(14)16-12-9-5-15-13(17-9)11-8-3-2-7(4-8)10(11)12/h7-13H,2-5H2,1H3/t7-,8+,9+,10-,11+,12+,13+/m0/s1. The summed E-state index contributed by atoms with van der Waals surface area (Å²) in [4.78, 5) is 11.3. The fourth-order valence-electron chi connectivity index (χ4n) is 4.68.